The third-order valence-electron chi connectivity index (χ3n) is 4.15. The van der Waals surface area contributed by atoms with Gasteiger partial charge in [-0.15, -0.1) is 0 Å². The highest BCUT2D eigenvalue weighted by Crippen LogP contribution is 2.21. The minimum Gasteiger partial charge on any atom is -0.468 e. The van der Waals surface area contributed by atoms with Gasteiger partial charge < -0.3 is 14.4 Å². The van der Waals surface area contributed by atoms with E-state index in [9.17, 15) is 9.90 Å². The van der Waals surface area contributed by atoms with Crippen molar-refractivity contribution in [2.75, 3.05) is 13.7 Å². The Hall–Kier alpha value is -2.10. The second-order valence-corrected chi connectivity index (χ2v) is 6.11. The van der Waals surface area contributed by atoms with Crippen molar-refractivity contribution in [3.8, 4) is 11.4 Å². The molecule has 1 N–H and O–H groups in total. The van der Waals surface area contributed by atoms with E-state index in [0.717, 1.165) is 11.4 Å². The van der Waals surface area contributed by atoms with Gasteiger partial charge in [-0.25, -0.2) is 4.68 Å². The number of rotatable bonds is 4. The number of likely N-dealkylation sites (tertiary alicyclic amines) is 1. The molecule has 0 unspecified atom stereocenters. The SMILES string of the molecule is COC(=O)[C@@H]1C[C@@H](O)CN1Cn1nc(-c2ccncc2)n(C)c1=S. The van der Waals surface area contributed by atoms with Crippen LogP contribution in [0, 0.1) is 4.77 Å². The summed E-state index contributed by atoms with van der Waals surface area (Å²) in [5.74, 6) is 0.361. The van der Waals surface area contributed by atoms with Gasteiger partial charge in [0.25, 0.3) is 0 Å². The van der Waals surface area contributed by atoms with E-state index >= 15 is 0 Å². The van der Waals surface area contributed by atoms with Gasteiger partial charge in [0, 0.05) is 38.0 Å². The minimum atomic E-state index is -0.563. The lowest BCUT2D eigenvalue weighted by molar-refractivity contribution is -0.146. The van der Waals surface area contributed by atoms with Gasteiger partial charge in [0.05, 0.1) is 19.9 Å². The fourth-order valence-electron chi connectivity index (χ4n) is 2.92. The predicted molar refractivity (Wildman–Crippen MR) is 88.4 cm³/mol. The van der Waals surface area contributed by atoms with Crippen LogP contribution in [-0.2, 0) is 23.2 Å². The number of esters is 1. The summed E-state index contributed by atoms with van der Waals surface area (Å²) in [6.07, 6.45) is 3.18. The Balaban J connectivity index is 1.88. The normalized spacial score (nSPS) is 21.1. The number of pyridine rings is 1. The number of carbonyl (C=O) groups excluding carboxylic acids is 1. The summed E-state index contributed by atoms with van der Waals surface area (Å²) in [7, 11) is 3.19. The Labute approximate surface area is 144 Å². The largest absolute Gasteiger partial charge is 0.468 e. The maximum absolute atomic E-state index is 11.9. The first-order chi connectivity index (χ1) is 11.5. The van der Waals surface area contributed by atoms with E-state index in [1.54, 1.807) is 17.1 Å². The maximum Gasteiger partial charge on any atom is 0.323 e. The van der Waals surface area contributed by atoms with E-state index < -0.39 is 12.1 Å². The van der Waals surface area contributed by atoms with Crippen LogP contribution in [0.1, 0.15) is 6.42 Å². The lowest BCUT2D eigenvalue weighted by Crippen LogP contribution is -2.38. The third kappa shape index (κ3) is 3.10. The molecule has 9 heteroatoms. The zero-order valence-electron chi connectivity index (χ0n) is 13.5. The van der Waals surface area contributed by atoms with E-state index in [-0.39, 0.29) is 5.97 Å². The number of methoxy groups -OCH3 is 1. The van der Waals surface area contributed by atoms with Crippen LogP contribution in [0.4, 0.5) is 0 Å². The number of hydrogen-bond donors (Lipinski definition) is 1. The number of aliphatic hydroxyl groups is 1. The quantitative estimate of drug-likeness (QED) is 0.638. The van der Waals surface area contributed by atoms with Crippen molar-refractivity contribution < 1.29 is 14.6 Å². The molecular formula is C15H19N5O3S. The first kappa shape index (κ1) is 16.7. The lowest BCUT2D eigenvalue weighted by Gasteiger charge is -2.21. The van der Waals surface area contributed by atoms with Crippen LogP contribution in [0.2, 0.25) is 0 Å². The average Bonchev–Trinajstić information content (AvgIpc) is 3.10. The smallest absolute Gasteiger partial charge is 0.323 e. The van der Waals surface area contributed by atoms with Crippen LogP contribution in [0.15, 0.2) is 24.5 Å². The zero-order valence-corrected chi connectivity index (χ0v) is 14.3. The van der Waals surface area contributed by atoms with Gasteiger partial charge in [0.15, 0.2) is 10.6 Å². The summed E-state index contributed by atoms with van der Waals surface area (Å²) in [5.41, 5.74) is 0.906. The Kier molecular flexibility index (Phi) is 4.74. The molecule has 8 nitrogen and oxygen atoms in total. The molecule has 1 fully saturated rings. The fourth-order valence-corrected chi connectivity index (χ4v) is 3.11. The van der Waals surface area contributed by atoms with Gasteiger partial charge in [-0.3, -0.25) is 14.7 Å². The number of carbonyl (C=O) groups is 1. The van der Waals surface area contributed by atoms with Gasteiger partial charge in [-0.05, 0) is 24.4 Å². The molecule has 0 radical (unpaired) electrons. The van der Waals surface area contributed by atoms with Crippen molar-refractivity contribution in [3.05, 3.63) is 29.3 Å². The van der Waals surface area contributed by atoms with E-state index in [1.165, 1.54) is 7.11 Å². The molecule has 3 rings (SSSR count). The molecule has 2 aromatic rings. The first-order valence-electron chi connectivity index (χ1n) is 7.55. The standard InChI is InChI=1S/C15H19N5O3S/c1-18-13(10-3-5-16-6-4-10)17-20(15(18)24)9-19-8-11(21)7-12(19)14(22)23-2/h3-6,11-12,21H,7-9H2,1-2H3/t11-,12+/m1/s1. The van der Waals surface area contributed by atoms with Gasteiger partial charge in [-0.2, -0.15) is 5.10 Å². The Morgan fingerprint density at radius 2 is 2.17 bits per heavy atom. The summed E-state index contributed by atoms with van der Waals surface area (Å²) < 4.78 is 8.82. The summed E-state index contributed by atoms with van der Waals surface area (Å²) in [6.45, 7) is 0.692. The molecule has 1 aliphatic rings. The molecule has 0 aliphatic carbocycles. The van der Waals surface area contributed by atoms with Crippen molar-refractivity contribution in [1.82, 2.24) is 24.2 Å². The number of β-amino-alcohol motifs (C(OH)–C–C–N with tert-alkyl or cyclic N) is 1. The topological polar surface area (TPSA) is 85.4 Å². The van der Waals surface area contributed by atoms with E-state index in [2.05, 4.69) is 10.1 Å². The van der Waals surface area contributed by atoms with Crippen LogP contribution in [0.3, 0.4) is 0 Å². The highest BCUT2D eigenvalue weighted by atomic mass is 32.1. The molecule has 128 valence electrons. The number of hydrogen-bond acceptors (Lipinski definition) is 7. The molecule has 1 aliphatic heterocycles. The molecule has 2 atom stereocenters. The van der Waals surface area contributed by atoms with Gasteiger partial charge in [0.1, 0.15) is 6.04 Å². The molecule has 1 saturated heterocycles. The van der Waals surface area contributed by atoms with Gasteiger partial charge in [0.2, 0.25) is 0 Å². The van der Waals surface area contributed by atoms with Crippen molar-refractivity contribution in [3.63, 3.8) is 0 Å². The van der Waals surface area contributed by atoms with E-state index in [1.807, 2.05) is 28.6 Å². The molecular weight excluding hydrogens is 330 g/mol. The first-order valence-corrected chi connectivity index (χ1v) is 7.96. The maximum atomic E-state index is 11.9. The van der Waals surface area contributed by atoms with E-state index in [0.29, 0.717) is 24.4 Å². The highest BCUT2D eigenvalue weighted by Gasteiger charge is 2.37. The molecule has 0 amide bonds. The molecule has 0 aromatic carbocycles. The van der Waals surface area contributed by atoms with Crippen LogP contribution in [-0.4, -0.2) is 61.1 Å². The van der Waals surface area contributed by atoms with Crippen LogP contribution >= 0.6 is 12.2 Å². The second kappa shape index (κ2) is 6.80. The summed E-state index contributed by atoms with van der Waals surface area (Å²) in [5, 5.41) is 14.4. The number of aromatic nitrogens is 4. The Morgan fingerprint density at radius 3 is 2.83 bits per heavy atom. The van der Waals surface area contributed by atoms with Crippen molar-refractivity contribution in [2.24, 2.45) is 7.05 Å². The van der Waals surface area contributed by atoms with Gasteiger partial charge >= 0.3 is 5.97 Å². The Bertz CT molecular complexity index is 788. The van der Waals surface area contributed by atoms with Gasteiger partial charge in [-0.1, -0.05) is 0 Å². The average molecular weight is 349 g/mol. The number of ether oxygens (including phenoxy) is 1. The van der Waals surface area contributed by atoms with E-state index in [4.69, 9.17) is 17.0 Å². The highest BCUT2D eigenvalue weighted by molar-refractivity contribution is 7.71. The number of aliphatic hydroxyl groups excluding tert-OH is 1. The molecule has 3 heterocycles. The fraction of sp³-hybridized carbons (Fsp3) is 0.467. The lowest BCUT2D eigenvalue weighted by atomic mass is 10.2. The van der Waals surface area contributed by atoms with Crippen LogP contribution in [0.5, 0.6) is 0 Å². The summed E-state index contributed by atoms with van der Waals surface area (Å²) in [4.78, 5) is 17.7. The molecule has 2 aromatic heterocycles. The van der Waals surface area contributed by atoms with Crippen molar-refractivity contribution >= 4 is 18.2 Å². The summed E-state index contributed by atoms with van der Waals surface area (Å²) in [6, 6.07) is 3.23. The molecule has 0 bridgehead atoms. The number of nitrogens with zero attached hydrogens (tertiary/aromatic N) is 5. The summed E-state index contributed by atoms with van der Waals surface area (Å²) >= 11 is 5.45. The molecule has 24 heavy (non-hydrogen) atoms. The second-order valence-electron chi connectivity index (χ2n) is 5.74. The van der Waals surface area contributed by atoms with Crippen LogP contribution < -0.4 is 0 Å². The predicted octanol–water partition coefficient (Wildman–Crippen LogP) is 0.579. The monoisotopic (exact) mass is 349 g/mol. The molecule has 0 saturated carbocycles. The van der Waals surface area contributed by atoms with Crippen LogP contribution in [0.25, 0.3) is 11.4 Å². The van der Waals surface area contributed by atoms with Crippen molar-refractivity contribution in [2.45, 2.75) is 25.2 Å². The zero-order chi connectivity index (χ0) is 17.3. The van der Waals surface area contributed by atoms with Crippen molar-refractivity contribution in [1.29, 1.82) is 0 Å². The Morgan fingerprint density at radius 1 is 1.46 bits per heavy atom. The minimum absolute atomic E-state index is 0.314. The molecule has 0 spiro atoms. The third-order valence-corrected chi connectivity index (χ3v) is 4.63.